The highest BCUT2D eigenvalue weighted by Crippen LogP contribution is 2.19. The van der Waals surface area contributed by atoms with Crippen LogP contribution in [0.5, 0.6) is 0 Å². The second kappa shape index (κ2) is 8.12. The maximum Gasteiger partial charge on any atom is 0.408 e. The highest BCUT2D eigenvalue weighted by molar-refractivity contribution is 5.80. The van der Waals surface area contributed by atoms with Crippen LogP contribution < -0.4 is 5.32 Å². The van der Waals surface area contributed by atoms with Crippen molar-refractivity contribution in [3.05, 3.63) is 71.8 Å². The molecule has 2 unspecified atom stereocenters. The number of hydrogen-bond acceptors (Lipinski definition) is 4. The molecule has 0 fully saturated rings. The van der Waals surface area contributed by atoms with Gasteiger partial charge in [-0.2, -0.15) is 0 Å². The number of carboxylic acid groups (broad SMARTS) is 1. The fourth-order valence-corrected chi connectivity index (χ4v) is 2.23. The first kappa shape index (κ1) is 17.5. The number of alkyl carbamates (subject to hydrolysis) is 1. The predicted molar refractivity (Wildman–Crippen MR) is 87.3 cm³/mol. The molecule has 3 N–H and O–H groups in total. The Morgan fingerprint density at radius 2 is 1.46 bits per heavy atom. The van der Waals surface area contributed by atoms with Gasteiger partial charge in [0.15, 0.2) is 6.04 Å². The van der Waals surface area contributed by atoms with E-state index in [2.05, 4.69) is 5.32 Å². The van der Waals surface area contributed by atoms with Crippen molar-refractivity contribution >= 4 is 12.1 Å². The molecule has 24 heavy (non-hydrogen) atoms. The molecular formula is C18H19NO5. The van der Waals surface area contributed by atoms with E-state index in [0.29, 0.717) is 5.56 Å². The molecular weight excluding hydrogens is 310 g/mol. The Labute approximate surface area is 139 Å². The molecule has 1 amide bonds. The molecule has 6 nitrogen and oxygen atoms in total. The van der Waals surface area contributed by atoms with Gasteiger partial charge in [0, 0.05) is 0 Å². The Kier molecular flexibility index (Phi) is 5.92. The second-order valence-corrected chi connectivity index (χ2v) is 5.27. The molecule has 0 radical (unpaired) electrons. The van der Waals surface area contributed by atoms with Gasteiger partial charge in [-0.15, -0.1) is 0 Å². The Morgan fingerprint density at radius 1 is 0.958 bits per heavy atom. The van der Waals surface area contributed by atoms with E-state index in [-0.39, 0.29) is 0 Å². The van der Waals surface area contributed by atoms with E-state index in [0.717, 1.165) is 5.56 Å². The molecule has 3 atom stereocenters. The highest BCUT2D eigenvalue weighted by Gasteiger charge is 2.30. The summed E-state index contributed by atoms with van der Waals surface area (Å²) in [5.74, 6) is -1.35. The zero-order valence-corrected chi connectivity index (χ0v) is 13.1. The molecule has 0 aliphatic heterocycles. The number of aliphatic hydroxyl groups is 1. The molecule has 0 heterocycles. The van der Waals surface area contributed by atoms with Gasteiger partial charge >= 0.3 is 12.1 Å². The van der Waals surface area contributed by atoms with Crippen molar-refractivity contribution < 1.29 is 24.5 Å². The van der Waals surface area contributed by atoms with Crippen LogP contribution in [0.4, 0.5) is 4.79 Å². The Balaban J connectivity index is 2.02. The van der Waals surface area contributed by atoms with E-state index in [1.54, 1.807) is 49.4 Å². The lowest BCUT2D eigenvalue weighted by molar-refractivity contribution is -0.142. The molecule has 0 bridgehead atoms. The second-order valence-electron chi connectivity index (χ2n) is 5.27. The molecule has 6 heteroatoms. The van der Waals surface area contributed by atoms with Gasteiger partial charge in [0.2, 0.25) is 0 Å². The Bertz CT molecular complexity index is 674. The van der Waals surface area contributed by atoms with E-state index >= 15 is 0 Å². The van der Waals surface area contributed by atoms with Crippen LogP contribution in [-0.2, 0) is 9.53 Å². The number of aliphatic hydroxyl groups excluding tert-OH is 1. The zero-order valence-electron chi connectivity index (χ0n) is 13.1. The van der Waals surface area contributed by atoms with Crippen LogP contribution in [0.15, 0.2) is 60.7 Å². The number of aliphatic carboxylic acids is 1. The van der Waals surface area contributed by atoms with Crippen LogP contribution in [0.1, 0.15) is 30.3 Å². The molecule has 0 aromatic heterocycles. The number of rotatable bonds is 6. The summed E-state index contributed by atoms with van der Waals surface area (Å²) in [5.41, 5.74) is 1.17. The van der Waals surface area contributed by atoms with Crippen LogP contribution in [0, 0.1) is 0 Å². The third-order valence-electron chi connectivity index (χ3n) is 3.55. The summed E-state index contributed by atoms with van der Waals surface area (Å²) in [5, 5.41) is 21.7. The first-order valence-electron chi connectivity index (χ1n) is 7.47. The first-order chi connectivity index (χ1) is 11.5. The SMILES string of the molecule is CC(OC(=O)N[C@H](C(=O)O)C(O)c1ccccc1)c1ccccc1. The quantitative estimate of drug-likeness (QED) is 0.757. The van der Waals surface area contributed by atoms with Crippen molar-refractivity contribution in [1.82, 2.24) is 5.32 Å². The smallest absolute Gasteiger partial charge is 0.408 e. The van der Waals surface area contributed by atoms with Crippen molar-refractivity contribution in [2.75, 3.05) is 0 Å². The molecule has 2 rings (SSSR count). The first-order valence-corrected chi connectivity index (χ1v) is 7.47. The van der Waals surface area contributed by atoms with Gasteiger partial charge in [0.25, 0.3) is 0 Å². The van der Waals surface area contributed by atoms with E-state index in [4.69, 9.17) is 4.74 Å². The van der Waals surface area contributed by atoms with Crippen molar-refractivity contribution in [3.63, 3.8) is 0 Å². The fraction of sp³-hybridized carbons (Fsp3) is 0.222. The summed E-state index contributed by atoms with van der Waals surface area (Å²) in [6, 6.07) is 15.8. The molecule has 0 aliphatic rings. The molecule has 2 aromatic rings. The molecule has 0 saturated heterocycles. The number of carbonyl (C=O) groups excluding carboxylic acids is 1. The standard InChI is InChI=1S/C18H19NO5/c1-12(13-8-4-2-5-9-13)24-18(23)19-15(17(21)22)16(20)14-10-6-3-7-11-14/h2-12,15-16,20H,1H3,(H,19,23)(H,21,22)/t12?,15-,16?/m0/s1. The van der Waals surface area contributed by atoms with Gasteiger partial charge < -0.3 is 20.3 Å². The molecule has 0 aliphatic carbocycles. The fourth-order valence-electron chi connectivity index (χ4n) is 2.23. The molecule has 126 valence electrons. The average molecular weight is 329 g/mol. The van der Waals surface area contributed by atoms with Gasteiger partial charge in [0.05, 0.1) is 0 Å². The van der Waals surface area contributed by atoms with Crippen LogP contribution in [-0.4, -0.2) is 28.3 Å². The van der Waals surface area contributed by atoms with E-state index in [1.165, 1.54) is 0 Å². The maximum atomic E-state index is 12.0. The van der Waals surface area contributed by atoms with Crippen LogP contribution in [0.25, 0.3) is 0 Å². The summed E-state index contributed by atoms with van der Waals surface area (Å²) < 4.78 is 5.18. The average Bonchev–Trinajstić information content (AvgIpc) is 2.60. The number of hydrogen-bond donors (Lipinski definition) is 3. The number of carbonyl (C=O) groups is 2. The van der Waals surface area contributed by atoms with Crippen molar-refractivity contribution in [3.8, 4) is 0 Å². The van der Waals surface area contributed by atoms with Crippen LogP contribution in [0.2, 0.25) is 0 Å². The lowest BCUT2D eigenvalue weighted by Gasteiger charge is -2.22. The highest BCUT2D eigenvalue weighted by atomic mass is 16.6. The van der Waals surface area contributed by atoms with E-state index < -0.39 is 30.3 Å². The monoisotopic (exact) mass is 329 g/mol. The Hall–Kier alpha value is -2.86. The number of amides is 1. The number of nitrogens with one attached hydrogen (secondary N) is 1. The maximum absolute atomic E-state index is 12.0. The van der Waals surface area contributed by atoms with Gasteiger partial charge in [-0.1, -0.05) is 60.7 Å². The minimum atomic E-state index is -1.51. The zero-order chi connectivity index (χ0) is 17.5. The molecule has 0 saturated carbocycles. The van der Waals surface area contributed by atoms with Crippen LogP contribution in [0.3, 0.4) is 0 Å². The van der Waals surface area contributed by atoms with Gasteiger partial charge in [-0.3, -0.25) is 0 Å². The normalized spacial score (nSPS) is 14.2. The van der Waals surface area contributed by atoms with Gasteiger partial charge in [0.1, 0.15) is 12.2 Å². The third kappa shape index (κ3) is 4.57. The predicted octanol–water partition coefficient (Wildman–Crippen LogP) is 2.66. The summed E-state index contributed by atoms with van der Waals surface area (Å²) in [4.78, 5) is 23.3. The lowest BCUT2D eigenvalue weighted by Crippen LogP contribution is -2.45. The minimum absolute atomic E-state index is 0.390. The largest absolute Gasteiger partial charge is 0.480 e. The van der Waals surface area contributed by atoms with E-state index in [9.17, 15) is 19.8 Å². The summed E-state index contributed by atoms with van der Waals surface area (Å²) in [6.07, 6.45) is -2.84. The summed E-state index contributed by atoms with van der Waals surface area (Å²) in [6.45, 7) is 1.68. The van der Waals surface area contributed by atoms with Crippen molar-refractivity contribution in [1.29, 1.82) is 0 Å². The number of benzene rings is 2. The van der Waals surface area contributed by atoms with E-state index in [1.807, 2.05) is 18.2 Å². The van der Waals surface area contributed by atoms with Crippen molar-refractivity contribution in [2.45, 2.75) is 25.2 Å². The minimum Gasteiger partial charge on any atom is -0.480 e. The molecule has 2 aromatic carbocycles. The lowest BCUT2D eigenvalue weighted by atomic mass is 10.0. The topological polar surface area (TPSA) is 95.9 Å². The third-order valence-corrected chi connectivity index (χ3v) is 3.55. The number of ether oxygens (including phenoxy) is 1. The van der Waals surface area contributed by atoms with Crippen LogP contribution >= 0.6 is 0 Å². The van der Waals surface area contributed by atoms with Gasteiger partial charge in [-0.25, -0.2) is 9.59 Å². The summed E-state index contributed by atoms with van der Waals surface area (Å²) in [7, 11) is 0. The van der Waals surface area contributed by atoms with Crippen molar-refractivity contribution in [2.24, 2.45) is 0 Å². The number of carboxylic acids is 1. The summed E-state index contributed by atoms with van der Waals surface area (Å²) >= 11 is 0. The molecule has 0 spiro atoms. The van der Waals surface area contributed by atoms with Gasteiger partial charge in [-0.05, 0) is 18.1 Å². The Morgan fingerprint density at radius 3 is 1.96 bits per heavy atom.